The zero-order valence-corrected chi connectivity index (χ0v) is 15.2. The zero-order valence-electron chi connectivity index (χ0n) is 13.6. The van der Waals surface area contributed by atoms with Gasteiger partial charge in [-0.15, -0.1) is 0 Å². The topological polar surface area (TPSA) is 50.8 Å². The molecule has 1 atom stereocenters. The molecule has 1 amide bonds. The summed E-state index contributed by atoms with van der Waals surface area (Å²) >= 11 is 3.37. The molecule has 0 aromatic heterocycles. The molecule has 24 heavy (non-hydrogen) atoms. The van der Waals surface area contributed by atoms with Crippen LogP contribution in [0, 0.1) is 0 Å². The van der Waals surface area contributed by atoms with Gasteiger partial charge >= 0.3 is 0 Å². The van der Waals surface area contributed by atoms with Crippen molar-refractivity contribution in [3.05, 3.63) is 58.1 Å². The van der Waals surface area contributed by atoms with Gasteiger partial charge < -0.3 is 19.7 Å². The molecule has 0 saturated heterocycles. The molecule has 2 aromatic rings. The van der Waals surface area contributed by atoms with Crippen LogP contribution in [0.4, 0.5) is 0 Å². The SMILES string of the molecule is CN(C)C(CNC(=O)c1ccc(Br)cc1)c1ccc2c(c1)OCO2. The van der Waals surface area contributed by atoms with Crippen molar-refractivity contribution in [2.75, 3.05) is 27.4 Å². The molecule has 2 aromatic carbocycles. The van der Waals surface area contributed by atoms with Gasteiger partial charge in [0.1, 0.15) is 0 Å². The Morgan fingerprint density at radius 3 is 2.58 bits per heavy atom. The molecular formula is C18H19BrN2O3. The third-order valence-electron chi connectivity index (χ3n) is 3.97. The maximum absolute atomic E-state index is 12.3. The highest BCUT2D eigenvalue weighted by atomic mass is 79.9. The number of likely N-dealkylation sites (N-methyl/N-ethyl adjacent to an activating group) is 1. The van der Waals surface area contributed by atoms with Crippen molar-refractivity contribution in [2.45, 2.75) is 6.04 Å². The number of nitrogens with zero attached hydrogens (tertiary/aromatic N) is 1. The molecule has 5 nitrogen and oxygen atoms in total. The Morgan fingerprint density at radius 2 is 1.88 bits per heavy atom. The minimum absolute atomic E-state index is 0.0406. The average Bonchev–Trinajstić information content (AvgIpc) is 3.03. The van der Waals surface area contributed by atoms with Crippen molar-refractivity contribution in [1.29, 1.82) is 0 Å². The van der Waals surface area contributed by atoms with Crippen LogP contribution in [-0.4, -0.2) is 38.2 Å². The minimum Gasteiger partial charge on any atom is -0.454 e. The lowest BCUT2D eigenvalue weighted by Crippen LogP contribution is -2.34. The van der Waals surface area contributed by atoms with Crippen LogP contribution in [0.1, 0.15) is 22.0 Å². The maximum Gasteiger partial charge on any atom is 0.251 e. The highest BCUT2D eigenvalue weighted by Crippen LogP contribution is 2.34. The quantitative estimate of drug-likeness (QED) is 0.851. The predicted octanol–water partition coefficient (Wildman–Crippen LogP) is 3.21. The second-order valence-corrected chi connectivity index (χ2v) is 6.72. The third kappa shape index (κ3) is 3.71. The van der Waals surface area contributed by atoms with E-state index < -0.39 is 0 Å². The molecule has 126 valence electrons. The summed E-state index contributed by atoms with van der Waals surface area (Å²) in [7, 11) is 3.97. The predicted molar refractivity (Wildman–Crippen MR) is 95.5 cm³/mol. The fourth-order valence-electron chi connectivity index (χ4n) is 2.61. The molecule has 0 saturated carbocycles. The van der Waals surface area contributed by atoms with Crippen molar-refractivity contribution in [2.24, 2.45) is 0 Å². The zero-order chi connectivity index (χ0) is 17.1. The Bertz CT molecular complexity index is 732. The largest absolute Gasteiger partial charge is 0.454 e. The van der Waals surface area contributed by atoms with E-state index >= 15 is 0 Å². The Hall–Kier alpha value is -2.05. The second-order valence-electron chi connectivity index (χ2n) is 5.81. The van der Waals surface area contributed by atoms with Gasteiger partial charge in [0, 0.05) is 16.6 Å². The fraction of sp³-hybridized carbons (Fsp3) is 0.278. The number of nitrogens with one attached hydrogen (secondary N) is 1. The second kappa shape index (κ2) is 7.23. The van der Waals surface area contributed by atoms with E-state index in [1.54, 1.807) is 12.1 Å². The molecule has 0 fully saturated rings. The van der Waals surface area contributed by atoms with E-state index in [0.717, 1.165) is 21.5 Å². The molecule has 1 N–H and O–H groups in total. The first-order valence-corrected chi connectivity index (χ1v) is 8.43. The standard InChI is InChI=1S/C18H19BrN2O3/c1-21(2)15(13-5-8-16-17(9-13)24-11-23-16)10-20-18(22)12-3-6-14(19)7-4-12/h3-9,15H,10-11H2,1-2H3,(H,20,22). The van der Waals surface area contributed by atoms with Crippen molar-refractivity contribution in [1.82, 2.24) is 10.2 Å². The molecular weight excluding hydrogens is 372 g/mol. The number of carbonyl (C=O) groups is 1. The van der Waals surface area contributed by atoms with E-state index in [9.17, 15) is 4.79 Å². The summed E-state index contributed by atoms with van der Waals surface area (Å²) in [5.74, 6) is 1.42. The van der Waals surface area contributed by atoms with Crippen LogP contribution in [0.2, 0.25) is 0 Å². The maximum atomic E-state index is 12.3. The summed E-state index contributed by atoms with van der Waals surface area (Å²) in [5.41, 5.74) is 1.71. The van der Waals surface area contributed by atoms with E-state index in [4.69, 9.17) is 9.47 Å². The lowest BCUT2D eigenvalue weighted by Gasteiger charge is -2.25. The fourth-order valence-corrected chi connectivity index (χ4v) is 2.88. The molecule has 1 aliphatic rings. The minimum atomic E-state index is -0.0879. The molecule has 1 unspecified atom stereocenters. The molecule has 6 heteroatoms. The smallest absolute Gasteiger partial charge is 0.251 e. The molecule has 1 aliphatic heterocycles. The highest BCUT2D eigenvalue weighted by molar-refractivity contribution is 9.10. The van der Waals surface area contributed by atoms with Gasteiger partial charge in [0.25, 0.3) is 5.91 Å². The first kappa shape index (κ1) is 16.8. The van der Waals surface area contributed by atoms with Crippen LogP contribution in [-0.2, 0) is 0 Å². The lowest BCUT2D eigenvalue weighted by molar-refractivity contribution is 0.0942. The van der Waals surface area contributed by atoms with E-state index in [1.807, 2.05) is 44.4 Å². The van der Waals surface area contributed by atoms with Crippen LogP contribution in [0.5, 0.6) is 11.5 Å². The van der Waals surface area contributed by atoms with Crippen molar-refractivity contribution in [3.8, 4) is 11.5 Å². The van der Waals surface area contributed by atoms with Crippen LogP contribution in [0.25, 0.3) is 0 Å². The Morgan fingerprint density at radius 1 is 1.17 bits per heavy atom. The summed E-state index contributed by atoms with van der Waals surface area (Å²) in [6.45, 7) is 0.757. The van der Waals surface area contributed by atoms with E-state index in [1.165, 1.54) is 0 Å². The molecule has 0 aliphatic carbocycles. The number of benzene rings is 2. The van der Waals surface area contributed by atoms with Crippen molar-refractivity contribution < 1.29 is 14.3 Å². The van der Waals surface area contributed by atoms with Gasteiger partial charge in [0.05, 0.1) is 6.04 Å². The van der Waals surface area contributed by atoms with E-state index in [2.05, 4.69) is 26.1 Å². The van der Waals surface area contributed by atoms with Crippen LogP contribution < -0.4 is 14.8 Å². The van der Waals surface area contributed by atoms with Crippen LogP contribution >= 0.6 is 15.9 Å². The highest BCUT2D eigenvalue weighted by Gasteiger charge is 2.20. The van der Waals surface area contributed by atoms with Gasteiger partial charge in [-0.3, -0.25) is 4.79 Å². The van der Waals surface area contributed by atoms with Crippen LogP contribution in [0.3, 0.4) is 0 Å². The summed E-state index contributed by atoms with van der Waals surface area (Å²) in [4.78, 5) is 14.4. The number of carbonyl (C=O) groups excluding carboxylic acids is 1. The number of hydrogen-bond acceptors (Lipinski definition) is 4. The van der Waals surface area contributed by atoms with E-state index in [0.29, 0.717) is 12.1 Å². The number of fused-ring (bicyclic) bond motifs is 1. The first-order valence-electron chi connectivity index (χ1n) is 7.64. The number of halogens is 1. The normalized spacial score (nSPS) is 13.8. The molecule has 0 spiro atoms. The summed E-state index contributed by atoms with van der Waals surface area (Å²) in [5, 5.41) is 3.00. The lowest BCUT2D eigenvalue weighted by atomic mass is 10.0. The molecule has 3 rings (SSSR count). The monoisotopic (exact) mass is 390 g/mol. The Labute approximate surface area is 149 Å². The number of rotatable bonds is 5. The number of amides is 1. The summed E-state index contributed by atoms with van der Waals surface area (Å²) < 4.78 is 11.7. The van der Waals surface area contributed by atoms with Gasteiger partial charge in [0.2, 0.25) is 6.79 Å². The first-order chi connectivity index (χ1) is 11.5. The third-order valence-corrected chi connectivity index (χ3v) is 4.50. The number of hydrogen-bond donors (Lipinski definition) is 1. The van der Waals surface area contributed by atoms with Gasteiger partial charge in [-0.25, -0.2) is 0 Å². The number of ether oxygens (including phenoxy) is 2. The summed E-state index contributed by atoms with van der Waals surface area (Å²) in [6, 6.07) is 13.2. The van der Waals surface area contributed by atoms with Gasteiger partial charge in [-0.05, 0) is 56.1 Å². The molecule has 1 heterocycles. The Balaban J connectivity index is 1.70. The van der Waals surface area contributed by atoms with Crippen molar-refractivity contribution in [3.63, 3.8) is 0 Å². The average molecular weight is 391 g/mol. The molecule has 0 bridgehead atoms. The van der Waals surface area contributed by atoms with Gasteiger partial charge in [-0.2, -0.15) is 0 Å². The Kier molecular flexibility index (Phi) is 5.06. The summed E-state index contributed by atoms with van der Waals surface area (Å²) in [6.07, 6.45) is 0. The van der Waals surface area contributed by atoms with Crippen LogP contribution in [0.15, 0.2) is 46.9 Å². The molecule has 0 radical (unpaired) electrons. The van der Waals surface area contributed by atoms with Gasteiger partial charge in [0.15, 0.2) is 11.5 Å². The van der Waals surface area contributed by atoms with Crippen molar-refractivity contribution >= 4 is 21.8 Å². The van der Waals surface area contributed by atoms with Gasteiger partial charge in [-0.1, -0.05) is 22.0 Å². The van der Waals surface area contributed by atoms with E-state index in [-0.39, 0.29) is 18.7 Å².